The molecule has 0 radical (unpaired) electrons. The van der Waals surface area contributed by atoms with Gasteiger partial charge in [-0.25, -0.2) is 8.42 Å². The Bertz CT molecular complexity index is 376. The van der Waals surface area contributed by atoms with Crippen LogP contribution in [-0.2, 0) is 10.1 Å². The van der Waals surface area contributed by atoms with Gasteiger partial charge in [0.15, 0.2) is 0 Å². The molecule has 98 valence electrons. The van der Waals surface area contributed by atoms with Crippen LogP contribution in [0.5, 0.6) is 0 Å². The van der Waals surface area contributed by atoms with Gasteiger partial charge in [0.05, 0.1) is 0 Å². The Morgan fingerprint density at radius 1 is 1.28 bits per heavy atom. The van der Waals surface area contributed by atoms with Crippen LogP contribution in [0.2, 0.25) is 0 Å². The third kappa shape index (κ3) is 9.43. The third-order valence-electron chi connectivity index (χ3n) is 2.43. The Morgan fingerprint density at radius 2 is 1.83 bits per heavy atom. The van der Waals surface area contributed by atoms with Crippen LogP contribution < -0.4 is 51.4 Å². The number of hydrogen-bond donors (Lipinski definition) is 0. The van der Waals surface area contributed by atoms with Crippen molar-refractivity contribution >= 4 is 38.4 Å². The molecule has 0 atom stereocenters. The number of thiocarbonyl (C=S) groups is 1. The average Bonchev–Trinajstić information content (AvgIpc) is 2.51. The van der Waals surface area contributed by atoms with Crippen molar-refractivity contribution in [3.8, 4) is 0 Å². The van der Waals surface area contributed by atoms with Crippen LogP contribution >= 0.6 is 24.0 Å². The van der Waals surface area contributed by atoms with Crippen LogP contribution in [0, 0.1) is 0 Å². The van der Waals surface area contributed by atoms with Crippen molar-refractivity contribution in [1.82, 2.24) is 4.90 Å². The smallest absolute Gasteiger partial charge is 0.744 e. The van der Waals surface area contributed by atoms with E-state index in [1.54, 1.807) is 0 Å². The molecule has 0 unspecified atom stereocenters. The minimum absolute atomic E-state index is 0. The predicted octanol–water partition coefficient (Wildman–Crippen LogP) is -1.06. The van der Waals surface area contributed by atoms with Crippen LogP contribution in [0.25, 0.3) is 0 Å². The summed E-state index contributed by atoms with van der Waals surface area (Å²) in [5, 5.41) is 0.686. The first-order chi connectivity index (χ1) is 7.99. The second-order valence-electron chi connectivity index (χ2n) is 3.84. The summed E-state index contributed by atoms with van der Waals surface area (Å²) in [5.74, 6) is 0.427. The maximum Gasteiger partial charge on any atom is 1.00 e. The summed E-state index contributed by atoms with van der Waals surface area (Å²) >= 11 is 6.67. The zero-order chi connectivity index (χ0) is 12.7. The number of thioether (sulfide) groups is 1. The number of likely N-dealkylation sites (tertiary alicyclic amines) is 1. The minimum Gasteiger partial charge on any atom is -0.744 e. The summed E-state index contributed by atoms with van der Waals surface area (Å²) in [7, 11) is -4.25. The summed E-state index contributed by atoms with van der Waals surface area (Å²) < 4.78 is 31.8. The van der Waals surface area contributed by atoms with Gasteiger partial charge in [-0.1, -0.05) is 42.9 Å². The van der Waals surface area contributed by atoms with E-state index >= 15 is 0 Å². The van der Waals surface area contributed by atoms with Gasteiger partial charge in [0, 0.05) is 24.3 Å². The fourth-order valence-electron chi connectivity index (χ4n) is 1.62. The second kappa shape index (κ2) is 10.3. The van der Waals surface area contributed by atoms with E-state index in [0.29, 0.717) is 11.2 Å². The molecule has 0 aliphatic carbocycles. The quantitative estimate of drug-likeness (QED) is 0.373. The molecule has 0 amide bonds. The Labute approximate surface area is 161 Å². The monoisotopic (exact) mass is 333 g/mol. The summed E-state index contributed by atoms with van der Waals surface area (Å²) in [6, 6.07) is 0. The van der Waals surface area contributed by atoms with E-state index < -0.39 is 10.1 Å². The molecule has 1 rings (SSSR count). The van der Waals surface area contributed by atoms with Gasteiger partial charge >= 0.3 is 51.4 Å². The summed E-state index contributed by atoms with van der Waals surface area (Å²) in [5.41, 5.74) is 0. The maximum absolute atomic E-state index is 10.3. The van der Waals surface area contributed by atoms with Gasteiger partial charge < -0.3 is 9.45 Å². The minimum atomic E-state index is -4.25. The average molecular weight is 334 g/mol. The predicted molar refractivity (Wildman–Crippen MR) is 73.9 cm³/mol. The fraction of sp³-hybridized carbons (Fsp3) is 0.700. The van der Waals surface area contributed by atoms with Crippen molar-refractivity contribution in [2.75, 3.05) is 18.8 Å². The molecule has 1 aliphatic rings. The van der Waals surface area contributed by atoms with Gasteiger partial charge in [0.2, 0.25) is 0 Å². The molecule has 1 fully saturated rings. The van der Waals surface area contributed by atoms with Crippen molar-refractivity contribution < 1.29 is 64.4 Å². The van der Waals surface area contributed by atoms with E-state index in [1.807, 2.05) is 0 Å². The van der Waals surface area contributed by atoms with E-state index in [0.717, 1.165) is 30.3 Å². The summed E-state index contributed by atoms with van der Waals surface area (Å²) in [4.78, 5) is 2.16. The van der Waals surface area contributed by atoms with E-state index in [9.17, 15) is 13.0 Å². The molecule has 0 spiro atoms. The largest absolute Gasteiger partial charge is 1.00 e. The van der Waals surface area contributed by atoms with Gasteiger partial charge in [-0.15, -0.1) is 0 Å². The molecule has 0 aromatic rings. The normalized spacial score (nSPS) is 17.3. The molecule has 0 aromatic heterocycles. The molecule has 0 aromatic carbocycles. The maximum atomic E-state index is 10.3. The SMILES string of the molecule is O=S(=O)([O-])/C=C\CSC(=S)N1CCCCCC1.[K+]. The Balaban J connectivity index is 0.00000289. The van der Waals surface area contributed by atoms with Crippen molar-refractivity contribution in [3.63, 3.8) is 0 Å². The molecule has 18 heavy (non-hydrogen) atoms. The molecule has 1 aliphatic heterocycles. The van der Waals surface area contributed by atoms with Crippen LogP contribution in [0.3, 0.4) is 0 Å². The van der Waals surface area contributed by atoms with Crippen LogP contribution in [0.4, 0.5) is 0 Å². The van der Waals surface area contributed by atoms with Crippen molar-refractivity contribution in [1.29, 1.82) is 0 Å². The molecule has 8 heteroatoms. The van der Waals surface area contributed by atoms with Crippen LogP contribution in [0.15, 0.2) is 11.5 Å². The molecule has 1 saturated heterocycles. The summed E-state index contributed by atoms with van der Waals surface area (Å²) in [6.45, 7) is 1.96. The Hall–Kier alpha value is 1.53. The fourth-order valence-corrected chi connectivity index (χ4v) is 3.16. The van der Waals surface area contributed by atoms with Crippen molar-refractivity contribution in [2.24, 2.45) is 0 Å². The van der Waals surface area contributed by atoms with Crippen molar-refractivity contribution in [3.05, 3.63) is 11.5 Å². The molecule has 1 heterocycles. The Kier molecular flexibility index (Phi) is 11.2. The van der Waals surface area contributed by atoms with Gasteiger partial charge in [-0.3, -0.25) is 0 Å². The number of rotatable bonds is 3. The number of hydrogen-bond acceptors (Lipinski definition) is 5. The number of nitrogens with zero attached hydrogens (tertiary/aromatic N) is 1. The standard InChI is InChI=1S/C10H17NO3S3.K/c12-17(13,14)9-5-8-16-10(15)11-6-3-1-2-4-7-11;/h5,9H,1-4,6-8H2,(H,12,13,14);/q;+1/p-1/b9-5-;. The first-order valence-electron chi connectivity index (χ1n) is 5.53. The van der Waals surface area contributed by atoms with Crippen LogP contribution in [-0.4, -0.2) is 41.0 Å². The molecule has 0 saturated carbocycles. The molecular weight excluding hydrogens is 317 g/mol. The molecule has 0 bridgehead atoms. The zero-order valence-electron chi connectivity index (χ0n) is 10.5. The first-order valence-corrected chi connectivity index (χ1v) is 8.40. The molecular formula is C10H16KNO3S3. The summed E-state index contributed by atoms with van der Waals surface area (Å²) in [6.07, 6.45) is 6.16. The van der Waals surface area contributed by atoms with Crippen LogP contribution in [0.1, 0.15) is 25.7 Å². The zero-order valence-corrected chi connectivity index (χ0v) is 16.1. The third-order valence-corrected chi connectivity index (χ3v) is 4.43. The van der Waals surface area contributed by atoms with Gasteiger partial charge in [0.1, 0.15) is 14.4 Å². The first kappa shape index (κ1) is 19.5. The van der Waals surface area contributed by atoms with E-state index in [-0.39, 0.29) is 51.4 Å². The second-order valence-corrected chi connectivity index (χ2v) is 6.75. The van der Waals surface area contributed by atoms with E-state index in [1.165, 1.54) is 30.7 Å². The molecule has 4 nitrogen and oxygen atoms in total. The Morgan fingerprint density at radius 3 is 2.33 bits per heavy atom. The van der Waals surface area contributed by atoms with E-state index in [4.69, 9.17) is 12.2 Å². The van der Waals surface area contributed by atoms with Gasteiger partial charge in [-0.05, 0) is 12.8 Å². The van der Waals surface area contributed by atoms with Gasteiger partial charge in [-0.2, -0.15) is 0 Å². The van der Waals surface area contributed by atoms with Gasteiger partial charge in [0.25, 0.3) is 0 Å². The molecule has 0 N–H and O–H groups in total. The van der Waals surface area contributed by atoms with Crippen molar-refractivity contribution in [2.45, 2.75) is 25.7 Å². The van der Waals surface area contributed by atoms with E-state index in [2.05, 4.69) is 4.90 Å². The topological polar surface area (TPSA) is 60.4 Å².